The van der Waals surface area contributed by atoms with Crippen LogP contribution < -0.4 is 4.72 Å². The molecule has 0 bridgehead atoms. The van der Waals surface area contributed by atoms with Crippen molar-refractivity contribution in [1.29, 1.82) is 0 Å². The van der Waals surface area contributed by atoms with E-state index in [0.717, 1.165) is 29.7 Å². The van der Waals surface area contributed by atoms with Crippen molar-refractivity contribution in [3.05, 3.63) is 71.1 Å². The Kier molecular flexibility index (Phi) is 5.69. The molecule has 9 heteroatoms. The molecule has 3 rings (SSSR count). The standard InChI is InChI=1S/C18H14ClFN2O4S/c19-18-13(9-12-3-1-2-4-16(12)22-18)11-26-17(23)10-21-27(24,25)15-7-5-14(20)6-8-15/h1-9,21H,10-11H2. The normalized spacial score (nSPS) is 11.5. The van der Waals surface area contributed by atoms with Crippen LogP contribution in [0, 0.1) is 5.82 Å². The number of nitrogens with zero attached hydrogens (tertiary/aromatic N) is 1. The summed E-state index contributed by atoms with van der Waals surface area (Å²) in [6.45, 7) is -0.716. The molecule has 1 aromatic heterocycles. The number of hydrogen-bond acceptors (Lipinski definition) is 5. The van der Waals surface area contributed by atoms with E-state index in [-0.39, 0.29) is 16.7 Å². The Morgan fingerprint density at radius 2 is 1.85 bits per heavy atom. The molecule has 0 amide bonds. The van der Waals surface area contributed by atoms with Crippen molar-refractivity contribution in [2.24, 2.45) is 0 Å². The number of pyridine rings is 1. The summed E-state index contributed by atoms with van der Waals surface area (Å²) in [6, 6.07) is 13.3. The number of ether oxygens (including phenoxy) is 1. The molecule has 3 aromatic rings. The van der Waals surface area contributed by atoms with E-state index in [1.54, 1.807) is 12.1 Å². The van der Waals surface area contributed by atoms with Gasteiger partial charge in [-0.05, 0) is 36.4 Å². The zero-order valence-electron chi connectivity index (χ0n) is 13.9. The number of rotatable bonds is 6. The molecule has 0 unspecified atom stereocenters. The van der Waals surface area contributed by atoms with Crippen LogP contribution in [0.1, 0.15) is 5.56 Å². The Labute approximate surface area is 160 Å². The molecule has 0 aliphatic rings. The Morgan fingerprint density at radius 1 is 1.15 bits per heavy atom. The molecule has 0 aliphatic heterocycles. The molecule has 0 aliphatic carbocycles. The van der Waals surface area contributed by atoms with E-state index in [1.165, 1.54) is 0 Å². The van der Waals surface area contributed by atoms with Crippen molar-refractivity contribution < 1.29 is 22.3 Å². The van der Waals surface area contributed by atoms with Gasteiger partial charge in [-0.25, -0.2) is 17.8 Å². The molecule has 1 N–H and O–H groups in total. The minimum Gasteiger partial charge on any atom is -0.460 e. The fraction of sp³-hybridized carbons (Fsp3) is 0.111. The van der Waals surface area contributed by atoms with Gasteiger partial charge in [0, 0.05) is 10.9 Å². The summed E-state index contributed by atoms with van der Waals surface area (Å²) in [6.07, 6.45) is 0. The quantitative estimate of drug-likeness (QED) is 0.500. The van der Waals surface area contributed by atoms with Gasteiger partial charge in [-0.15, -0.1) is 0 Å². The van der Waals surface area contributed by atoms with Crippen LogP contribution in [-0.2, 0) is 26.2 Å². The summed E-state index contributed by atoms with van der Waals surface area (Å²) in [5.41, 5.74) is 1.22. The number of aromatic nitrogens is 1. The van der Waals surface area contributed by atoms with Gasteiger partial charge in [0.25, 0.3) is 0 Å². The summed E-state index contributed by atoms with van der Waals surface area (Å²) >= 11 is 6.08. The Bertz CT molecular complexity index is 1090. The first-order valence-corrected chi connectivity index (χ1v) is 9.66. The van der Waals surface area contributed by atoms with Crippen molar-refractivity contribution in [3.63, 3.8) is 0 Å². The van der Waals surface area contributed by atoms with Crippen LogP contribution in [0.15, 0.2) is 59.5 Å². The van der Waals surface area contributed by atoms with Crippen LogP contribution in [0.2, 0.25) is 5.15 Å². The molecule has 1 heterocycles. The first kappa shape index (κ1) is 19.2. The molecule has 0 saturated heterocycles. The predicted octanol–water partition coefficient (Wildman–Crippen LogP) is 3.05. The average molecular weight is 409 g/mol. The van der Waals surface area contributed by atoms with Gasteiger partial charge in [-0.2, -0.15) is 4.72 Å². The van der Waals surface area contributed by atoms with E-state index in [0.29, 0.717) is 11.1 Å². The number of benzene rings is 2. The first-order valence-electron chi connectivity index (χ1n) is 7.80. The van der Waals surface area contributed by atoms with Gasteiger partial charge in [-0.1, -0.05) is 29.8 Å². The number of hydrogen-bond donors (Lipinski definition) is 1. The van der Waals surface area contributed by atoms with Crippen LogP contribution in [0.5, 0.6) is 0 Å². The van der Waals surface area contributed by atoms with Crippen LogP contribution >= 0.6 is 11.6 Å². The highest BCUT2D eigenvalue weighted by atomic mass is 35.5. The van der Waals surface area contributed by atoms with Gasteiger partial charge >= 0.3 is 5.97 Å². The smallest absolute Gasteiger partial charge is 0.321 e. The number of nitrogens with one attached hydrogen (secondary N) is 1. The lowest BCUT2D eigenvalue weighted by molar-refractivity contribution is -0.143. The fourth-order valence-corrected chi connectivity index (χ4v) is 3.47. The summed E-state index contributed by atoms with van der Waals surface area (Å²) in [5.74, 6) is -1.35. The Morgan fingerprint density at radius 3 is 2.59 bits per heavy atom. The molecule has 0 spiro atoms. The van der Waals surface area contributed by atoms with Gasteiger partial charge < -0.3 is 4.74 Å². The number of halogens is 2. The van der Waals surface area contributed by atoms with Crippen molar-refractivity contribution in [2.75, 3.05) is 6.54 Å². The van der Waals surface area contributed by atoms with E-state index in [9.17, 15) is 17.6 Å². The van der Waals surface area contributed by atoms with Crippen LogP contribution in [-0.4, -0.2) is 25.9 Å². The Balaban J connectivity index is 1.60. The second kappa shape index (κ2) is 7.99. The second-order valence-electron chi connectivity index (χ2n) is 5.57. The molecule has 0 fully saturated rings. The number of para-hydroxylation sites is 1. The highest BCUT2D eigenvalue weighted by molar-refractivity contribution is 7.89. The van der Waals surface area contributed by atoms with E-state index in [4.69, 9.17) is 16.3 Å². The van der Waals surface area contributed by atoms with Crippen LogP contribution in [0.3, 0.4) is 0 Å². The number of fused-ring (bicyclic) bond motifs is 1. The molecular weight excluding hydrogens is 395 g/mol. The Hall–Kier alpha value is -2.55. The molecule has 27 heavy (non-hydrogen) atoms. The second-order valence-corrected chi connectivity index (χ2v) is 7.70. The molecule has 0 saturated carbocycles. The van der Waals surface area contributed by atoms with E-state index >= 15 is 0 Å². The zero-order valence-corrected chi connectivity index (χ0v) is 15.4. The highest BCUT2D eigenvalue weighted by Gasteiger charge is 2.16. The molecule has 2 aromatic carbocycles. The third-order valence-corrected chi connectivity index (χ3v) is 5.41. The van der Waals surface area contributed by atoms with Crippen LogP contribution in [0.25, 0.3) is 10.9 Å². The minimum atomic E-state index is -3.95. The van der Waals surface area contributed by atoms with Crippen molar-refractivity contribution in [1.82, 2.24) is 9.71 Å². The molecule has 0 atom stereocenters. The molecule has 6 nitrogen and oxygen atoms in total. The summed E-state index contributed by atoms with van der Waals surface area (Å²) < 4.78 is 44.1. The lowest BCUT2D eigenvalue weighted by Crippen LogP contribution is -2.30. The lowest BCUT2D eigenvalue weighted by Gasteiger charge is -2.09. The van der Waals surface area contributed by atoms with E-state index < -0.39 is 28.4 Å². The monoisotopic (exact) mass is 408 g/mol. The SMILES string of the molecule is O=C(CNS(=O)(=O)c1ccc(F)cc1)OCc1cc2ccccc2nc1Cl. The number of sulfonamides is 1. The third-order valence-electron chi connectivity index (χ3n) is 3.67. The van der Waals surface area contributed by atoms with Crippen molar-refractivity contribution in [2.45, 2.75) is 11.5 Å². The van der Waals surface area contributed by atoms with E-state index in [2.05, 4.69) is 9.71 Å². The average Bonchev–Trinajstić information content (AvgIpc) is 2.65. The molecule has 140 valence electrons. The maximum absolute atomic E-state index is 12.9. The first-order chi connectivity index (χ1) is 12.8. The van der Waals surface area contributed by atoms with Gasteiger partial charge in [0.05, 0.1) is 10.4 Å². The zero-order chi connectivity index (χ0) is 19.4. The van der Waals surface area contributed by atoms with Crippen LogP contribution in [0.4, 0.5) is 4.39 Å². The lowest BCUT2D eigenvalue weighted by atomic mass is 10.2. The minimum absolute atomic E-state index is 0.145. The van der Waals surface area contributed by atoms with Gasteiger partial charge in [0.1, 0.15) is 24.1 Å². The largest absolute Gasteiger partial charge is 0.460 e. The third kappa shape index (κ3) is 4.79. The van der Waals surface area contributed by atoms with Gasteiger partial charge in [0.15, 0.2) is 0 Å². The number of esters is 1. The fourth-order valence-electron chi connectivity index (χ4n) is 2.30. The van der Waals surface area contributed by atoms with Crippen molar-refractivity contribution >= 4 is 38.5 Å². The van der Waals surface area contributed by atoms with Gasteiger partial charge in [-0.3, -0.25) is 4.79 Å². The number of carbonyl (C=O) groups is 1. The summed E-state index contributed by atoms with van der Waals surface area (Å²) in [4.78, 5) is 15.9. The maximum Gasteiger partial charge on any atom is 0.321 e. The van der Waals surface area contributed by atoms with Crippen molar-refractivity contribution in [3.8, 4) is 0 Å². The maximum atomic E-state index is 12.9. The van der Waals surface area contributed by atoms with E-state index in [1.807, 2.05) is 18.2 Å². The number of carbonyl (C=O) groups excluding carboxylic acids is 1. The molecular formula is C18H14ClFN2O4S. The molecule has 0 radical (unpaired) electrons. The summed E-state index contributed by atoms with van der Waals surface area (Å²) in [7, 11) is -3.95. The topological polar surface area (TPSA) is 85.4 Å². The summed E-state index contributed by atoms with van der Waals surface area (Å²) in [5, 5.41) is 1.04. The predicted molar refractivity (Wildman–Crippen MR) is 98.1 cm³/mol. The van der Waals surface area contributed by atoms with Gasteiger partial charge in [0.2, 0.25) is 10.0 Å². The highest BCUT2D eigenvalue weighted by Crippen LogP contribution is 2.21.